The molecule has 4 rings (SSSR count). The summed E-state index contributed by atoms with van der Waals surface area (Å²) in [6.45, 7) is 5.30. The SMILES string of the molecule is COc1cc2c(cc1OC1COC1)C[C@@H](C(C)C)n1cc(C(=O)O)c(=O)cc1-2. The number of nitrogens with zero attached hydrogens (tertiary/aromatic N) is 1. The summed E-state index contributed by atoms with van der Waals surface area (Å²) in [7, 11) is 1.58. The maximum atomic E-state index is 12.4. The molecule has 1 saturated heterocycles. The van der Waals surface area contributed by atoms with Crippen LogP contribution in [0.25, 0.3) is 11.3 Å². The number of carboxylic acid groups (broad SMARTS) is 1. The summed E-state index contributed by atoms with van der Waals surface area (Å²) in [5.41, 5.74) is 1.90. The predicted octanol–water partition coefficient (Wildman–Crippen LogP) is 2.75. The molecular formula is C21H23NO6. The van der Waals surface area contributed by atoms with Crippen molar-refractivity contribution in [2.45, 2.75) is 32.4 Å². The average Bonchev–Trinajstić information content (AvgIpc) is 2.62. The lowest BCUT2D eigenvalue weighted by atomic mass is 9.87. The fraction of sp³-hybridized carbons (Fsp3) is 0.429. The number of benzene rings is 1. The van der Waals surface area contributed by atoms with Gasteiger partial charge in [0, 0.05) is 23.9 Å². The van der Waals surface area contributed by atoms with Gasteiger partial charge in [0.25, 0.3) is 0 Å². The van der Waals surface area contributed by atoms with E-state index in [1.54, 1.807) is 7.11 Å². The molecule has 0 aliphatic carbocycles. The molecule has 1 aromatic heterocycles. The van der Waals surface area contributed by atoms with Gasteiger partial charge in [0.2, 0.25) is 0 Å². The van der Waals surface area contributed by atoms with Crippen molar-refractivity contribution in [3.8, 4) is 22.8 Å². The third-order valence-electron chi connectivity index (χ3n) is 5.43. The number of pyridine rings is 1. The number of aromatic nitrogens is 1. The van der Waals surface area contributed by atoms with Gasteiger partial charge in [-0.25, -0.2) is 4.79 Å². The maximum Gasteiger partial charge on any atom is 0.341 e. The molecule has 0 bridgehead atoms. The predicted molar refractivity (Wildman–Crippen MR) is 102 cm³/mol. The van der Waals surface area contributed by atoms with E-state index in [4.69, 9.17) is 14.2 Å². The zero-order valence-corrected chi connectivity index (χ0v) is 16.1. The fourth-order valence-electron chi connectivity index (χ4n) is 3.80. The Balaban J connectivity index is 1.88. The van der Waals surface area contributed by atoms with E-state index in [0.29, 0.717) is 36.8 Å². The molecule has 0 amide bonds. The quantitative estimate of drug-likeness (QED) is 0.852. The lowest BCUT2D eigenvalue weighted by Crippen LogP contribution is -2.38. The first-order valence-corrected chi connectivity index (χ1v) is 9.34. The second-order valence-corrected chi connectivity index (χ2v) is 7.60. The van der Waals surface area contributed by atoms with Crippen LogP contribution in [0.3, 0.4) is 0 Å². The van der Waals surface area contributed by atoms with Crippen molar-refractivity contribution in [3.05, 3.63) is 45.7 Å². The minimum Gasteiger partial charge on any atom is -0.493 e. The van der Waals surface area contributed by atoms with E-state index in [-0.39, 0.29) is 23.6 Å². The summed E-state index contributed by atoms with van der Waals surface area (Å²) < 4.78 is 18.6. The Hall–Kier alpha value is -2.80. The molecule has 1 N–H and O–H groups in total. The lowest BCUT2D eigenvalue weighted by molar-refractivity contribution is -0.0803. The van der Waals surface area contributed by atoms with Crippen molar-refractivity contribution in [1.82, 2.24) is 4.57 Å². The van der Waals surface area contributed by atoms with Gasteiger partial charge in [-0.1, -0.05) is 13.8 Å². The molecule has 7 heteroatoms. The van der Waals surface area contributed by atoms with Gasteiger partial charge in [-0.05, 0) is 30.0 Å². The Morgan fingerprint density at radius 3 is 2.57 bits per heavy atom. The van der Waals surface area contributed by atoms with Crippen molar-refractivity contribution in [3.63, 3.8) is 0 Å². The van der Waals surface area contributed by atoms with E-state index in [0.717, 1.165) is 11.1 Å². The van der Waals surface area contributed by atoms with E-state index in [9.17, 15) is 14.7 Å². The highest BCUT2D eigenvalue weighted by molar-refractivity contribution is 5.87. The van der Waals surface area contributed by atoms with E-state index in [1.807, 2.05) is 16.7 Å². The molecule has 1 aromatic carbocycles. The molecule has 0 radical (unpaired) electrons. The van der Waals surface area contributed by atoms with Crippen LogP contribution in [-0.4, -0.2) is 42.1 Å². The lowest BCUT2D eigenvalue weighted by Gasteiger charge is -2.34. The molecule has 0 spiro atoms. The Kier molecular flexibility index (Phi) is 4.63. The van der Waals surface area contributed by atoms with Crippen LogP contribution in [0.15, 0.2) is 29.2 Å². The molecular weight excluding hydrogens is 362 g/mol. The molecule has 0 unspecified atom stereocenters. The summed E-state index contributed by atoms with van der Waals surface area (Å²) in [4.78, 5) is 23.8. The number of aromatic carboxylic acids is 1. The Morgan fingerprint density at radius 2 is 2.00 bits per heavy atom. The molecule has 7 nitrogen and oxygen atoms in total. The second kappa shape index (κ2) is 6.98. The standard InChI is InChI=1S/C21H23NO6/c1-11(2)16-4-12-5-20(28-13-9-27-10-13)19(26-3)6-14(12)17-7-18(23)15(21(24)25)8-22(16)17/h5-8,11,13,16H,4,9-10H2,1-3H3,(H,24,25)/t16-/m0/s1. The normalized spacial score (nSPS) is 18.2. The Bertz CT molecular complexity index is 989. The van der Waals surface area contributed by atoms with Gasteiger partial charge in [0.05, 0.1) is 26.0 Å². The number of hydrogen-bond acceptors (Lipinski definition) is 5. The first kappa shape index (κ1) is 18.6. The van der Waals surface area contributed by atoms with Crippen molar-refractivity contribution in [2.24, 2.45) is 5.92 Å². The van der Waals surface area contributed by atoms with Crippen LogP contribution in [0.5, 0.6) is 11.5 Å². The number of fused-ring (bicyclic) bond motifs is 3. The number of ether oxygens (including phenoxy) is 3. The van der Waals surface area contributed by atoms with Crippen molar-refractivity contribution < 1.29 is 24.1 Å². The number of hydrogen-bond donors (Lipinski definition) is 1. The van der Waals surface area contributed by atoms with Gasteiger partial charge < -0.3 is 23.9 Å². The molecule has 2 aliphatic rings. The van der Waals surface area contributed by atoms with Crippen molar-refractivity contribution >= 4 is 5.97 Å². The van der Waals surface area contributed by atoms with Crippen molar-refractivity contribution in [1.29, 1.82) is 0 Å². The van der Waals surface area contributed by atoms with E-state index in [1.165, 1.54) is 12.3 Å². The van der Waals surface area contributed by atoms with E-state index >= 15 is 0 Å². The van der Waals surface area contributed by atoms with Crippen LogP contribution in [0.2, 0.25) is 0 Å². The van der Waals surface area contributed by atoms with Gasteiger partial charge in [-0.3, -0.25) is 4.79 Å². The molecule has 2 aliphatic heterocycles. The van der Waals surface area contributed by atoms with Gasteiger partial charge in [0.15, 0.2) is 16.9 Å². The van der Waals surface area contributed by atoms with Crippen LogP contribution in [-0.2, 0) is 11.2 Å². The van der Waals surface area contributed by atoms with Crippen LogP contribution in [0.1, 0.15) is 35.8 Å². The highest BCUT2D eigenvalue weighted by Crippen LogP contribution is 2.43. The second-order valence-electron chi connectivity index (χ2n) is 7.60. The summed E-state index contributed by atoms with van der Waals surface area (Å²) in [6.07, 6.45) is 2.20. The van der Waals surface area contributed by atoms with E-state index in [2.05, 4.69) is 13.8 Å². The summed E-state index contributed by atoms with van der Waals surface area (Å²) in [6, 6.07) is 5.29. The largest absolute Gasteiger partial charge is 0.493 e. The van der Waals surface area contributed by atoms with Gasteiger partial charge >= 0.3 is 5.97 Å². The zero-order chi connectivity index (χ0) is 20.0. The summed E-state index contributed by atoms with van der Waals surface area (Å²) in [5, 5.41) is 9.36. The molecule has 28 heavy (non-hydrogen) atoms. The van der Waals surface area contributed by atoms with E-state index < -0.39 is 11.4 Å². The summed E-state index contributed by atoms with van der Waals surface area (Å²) in [5.74, 6) is 0.283. The zero-order valence-electron chi connectivity index (χ0n) is 16.1. The molecule has 1 fully saturated rings. The van der Waals surface area contributed by atoms with Crippen LogP contribution >= 0.6 is 0 Å². The third kappa shape index (κ3) is 3.05. The number of methoxy groups -OCH3 is 1. The van der Waals surface area contributed by atoms with Crippen LogP contribution in [0.4, 0.5) is 0 Å². The number of carbonyl (C=O) groups is 1. The first-order valence-electron chi connectivity index (χ1n) is 9.34. The summed E-state index contributed by atoms with van der Waals surface area (Å²) >= 11 is 0. The highest BCUT2D eigenvalue weighted by Gasteiger charge is 2.30. The van der Waals surface area contributed by atoms with Gasteiger partial charge in [-0.2, -0.15) is 0 Å². The molecule has 0 saturated carbocycles. The molecule has 2 aromatic rings. The van der Waals surface area contributed by atoms with Crippen LogP contribution in [0, 0.1) is 5.92 Å². The fourth-order valence-corrected chi connectivity index (χ4v) is 3.80. The number of carboxylic acids is 1. The Labute approximate surface area is 162 Å². The average molecular weight is 385 g/mol. The molecule has 3 heterocycles. The highest BCUT2D eigenvalue weighted by atomic mass is 16.6. The Morgan fingerprint density at radius 1 is 1.25 bits per heavy atom. The van der Waals surface area contributed by atoms with Gasteiger partial charge in [0.1, 0.15) is 11.7 Å². The molecule has 148 valence electrons. The third-order valence-corrected chi connectivity index (χ3v) is 5.43. The number of rotatable bonds is 5. The first-order chi connectivity index (χ1) is 13.4. The van der Waals surface area contributed by atoms with Crippen LogP contribution < -0.4 is 14.9 Å². The smallest absolute Gasteiger partial charge is 0.341 e. The van der Waals surface area contributed by atoms with Crippen molar-refractivity contribution in [2.75, 3.05) is 20.3 Å². The monoisotopic (exact) mass is 385 g/mol. The maximum absolute atomic E-state index is 12.4. The minimum absolute atomic E-state index is 0.0180. The van der Waals surface area contributed by atoms with Gasteiger partial charge in [-0.15, -0.1) is 0 Å². The molecule has 1 atom stereocenters. The topological polar surface area (TPSA) is 87.0 Å². The minimum atomic E-state index is -1.21.